The minimum atomic E-state index is -1.64. The topological polar surface area (TPSA) is 247 Å². The van der Waals surface area contributed by atoms with E-state index in [1.165, 1.54) is 6.92 Å². The lowest BCUT2D eigenvalue weighted by Gasteiger charge is -2.42. The van der Waals surface area contributed by atoms with Gasteiger partial charge >= 0.3 is 5.97 Å². The van der Waals surface area contributed by atoms with Gasteiger partial charge < -0.3 is 51.6 Å². The first kappa shape index (κ1) is 28.2. The molecule has 0 aromatic carbocycles. The number of ether oxygens (including phenoxy) is 2. The van der Waals surface area contributed by atoms with E-state index in [-0.39, 0.29) is 6.42 Å². The molecule has 0 aromatic rings. The van der Waals surface area contributed by atoms with Crippen LogP contribution in [0.25, 0.3) is 0 Å². The Hall–Kier alpha value is -2.85. The lowest BCUT2D eigenvalue weighted by Crippen LogP contribution is -2.65. The molecule has 15 heteroatoms. The number of primary amides is 1. The Balaban J connectivity index is 2.69. The Morgan fingerprint density at radius 3 is 2.30 bits per heavy atom. The highest BCUT2D eigenvalue weighted by atomic mass is 16.6. The summed E-state index contributed by atoms with van der Waals surface area (Å²) in [6.07, 6.45) is -6.36. The third kappa shape index (κ3) is 8.89. The standard InChI is InChI=1S/C18H30N4O11/c1-7(17(30)22-9(16(19)29)3-4-12(26)27)20-11(25)6-32-15-13(21-8(2)24)18(31)33-10(5-23)14(15)28/h7,9-10,13-15,18,23,28,31H,3-6H2,1-2H3,(H2,19,29)(H,20,25)(H,21,24)(H,22,30)(H,26,27)/t7-,9+,10+,13+,14+,15+,18-/m0/s1. The number of nitrogens with one attached hydrogen (secondary N) is 3. The van der Waals surface area contributed by atoms with Crippen molar-refractivity contribution in [1.29, 1.82) is 0 Å². The fourth-order valence-electron chi connectivity index (χ4n) is 3.04. The molecule has 4 amide bonds. The van der Waals surface area contributed by atoms with E-state index in [4.69, 9.17) is 20.3 Å². The predicted molar refractivity (Wildman–Crippen MR) is 107 cm³/mol. The third-order valence-corrected chi connectivity index (χ3v) is 4.73. The monoisotopic (exact) mass is 478 g/mol. The van der Waals surface area contributed by atoms with Gasteiger partial charge in [-0.1, -0.05) is 0 Å². The van der Waals surface area contributed by atoms with Crippen molar-refractivity contribution >= 4 is 29.6 Å². The maximum absolute atomic E-state index is 12.2. The van der Waals surface area contributed by atoms with Crippen LogP contribution in [-0.4, -0.2) is 106 Å². The molecular formula is C18H30N4O11. The number of carboxylic acid groups (broad SMARTS) is 1. The average molecular weight is 478 g/mol. The fraction of sp³-hybridized carbons (Fsp3) is 0.722. The Morgan fingerprint density at radius 1 is 1.15 bits per heavy atom. The number of aliphatic hydroxyl groups excluding tert-OH is 3. The molecule has 0 aliphatic carbocycles. The van der Waals surface area contributed by atoms with Crippen LogP contribution in [0.1, 0.15) is 26.7 Å². The minimum Gasteiger partial charge on any atom is -0.481 e. The molecule has 7 atom stereocenters. The third-order valence-electron chi connectivity index (χ3n) is 4.73. The van der Waals surface area contributed by atoms with Gasteiger partial charge in [0.2, 0.25) is 23.6 Å². The summed E-state index contributed by atoms with van der Waals surface area (Å²) in [6.45, 7) is 1.06. The molecule has 0 spiro atoms. The molecule has 1 fully saturated rings. The molecule has 0 saturated carbocycles. The number of carbonyl (C=O) groups is 5. The molecule has 0 unspecified atom stereocenters. The van der Waals surface area contributed by atoms with Crippen LogP contribution in [0.15, 0.2) is 0 Å². The van der Waals surface area contributed by atoms with E-state index in [1.54, 1.807) is 0 Å². The average Bonchev–Trinajstić information content (AvgIpc) is 2.72. The largest absolute Gasteiger partial charge is 0.481 e. The van der Waals surface area contributed by atoms with E-state index in [2.05, 4.69) is 16.0 Å². The van der Waals surface area contributed by atoms with Crippen LogP contribution in [-0.2, 0) is 33.4 Å². The maximum Gasteiger partial charge on any atom is 0.303 e. The number of carboxylic acids is 1. The van der Waals surface area contributed by atoms with Gasteiger partial charge in [0.15, 0.2) is 6.29 Å². The number of carbonyl (C=O) groups excluding carboxylic acids is 4. The van der Waals surface area contributed by atoms with Gasteiger partial charge in [0, 0.05) is 13.3 Å². The maximum atomic E-state index is 12.2. The molecule has 1 heterocycles. The zero-order valence-corrected chi connectivity index (χ0v) is 18.1. The Kier molecular flexibility index (Phi) is 11.1. The number of rotatable bonds is 12. The highest BCUT2D eigenvalue weighted by molar-refractivity contribution is 5.91. The summed E-state index contributed by atoms with van der Waals surface area (Å²) in [6, 6.07) is -3.68. The van der Waals surface area contributed by atoms with E-state index < -0.39 is 92.0 Å². The van der Waals surface area contributed by atoms with Crippen LogP contribution in [0.4, 0.5) is 0 Å². The first-order valence-corrected chi connectivity index (χ1v) is 9.99. The van der Waals surface area contributed by atoms with Crippen molar-refractivity contribution < 1.29 is 53.9 Å². The number of hydrogen-bond donors (Lipinski definition) is 8. The van der Waals surface area contributed by atoms with Crippen molar-refractivity contribution in [3.05, 3.63) is 0 Å². The predicted octanol–water partition coefficient (Wildman–Crippen LogP) is -4.71. The SMILES string of the molecule is CC(=O)N[C@@H]1[C@@H](OCC(=O)N[C@@H](C)C(=O)N[C@H](CCC(=O)O)C(N)=O)[C@H](O)[C@@H](CO)O[C@@H]1O. The Morgan fingerprint density at radius 2 is 1.79 bits per heavy atom. The van der Waals surface area contributed by atoms with Crippen molar-refractivity contribution in [1.82, 2.24) is 16.0 Å². The summed E-state index contributed by atoms with van der Waals surface area (Å²) in [5.41, 5.74) is 5.14. The molecule has 0 aromatic heterocycles. The molecule has 188 valence electrons. The smallest absolute Gasteiger partial charge is 0.303 e. The molecule has 1 aliphatic rings. The number of hydrogen-bond acceptors (Lipinski definition) is 10. The molecule has 9 N–H and O–H groups in total. The molecule has 1 rings (SSSR count). The van der Waals surface area contributed by atoms with Crippen LogP contribution >= 0.6 is 0 Å². The van der Waals surface area contributed by atoms with E-state index in [0.717, 1.165) is 6.92 Å². The van der Waals surface area contributed by atoms with Crippen LogP contribution in [0.5, 0.6) is 0 Å². The summed E-state index contributed by atoms with van der Waals surface area (Å²) in [5, 5.41) is 45.1. The summed E-state index contributed by atoms with van der Waals surface area (Å²) in [7, 11) is 0. The van der Waals surface area contributed by atoms with Crippen molar-refractivity contribution in [2.45, 2.75) is 69.4 Å². The van der Waals surface area contributed by atoms with E-state index >= 15 is 0 Å². The van der Waals surface area contributed by atoms with Crippen LogP contribution < -0.4 is 21.7 Å². The van der Waals surface area contributed by atoms with Crippen molar-refractivity contribution in [2.75, 3.05) is 13.2 Å². The molecule has 15 nitrogen and oxygen atoms in total. The first-order valence-electron chi connectivity index (χ1n) is 9.99. The molecule has 0 bridgehead atoms. The van der Waals surface area contributed by atoms with Gasteiger partial charge in [-0.05, 0) is 13.3 Å². The molecule has 1 aliphatic heterocycles. The van der Waals surface area contributed by atoms with Crippen LogP contribution in [0, 0.1) is 0 Å². The molecular weight excluding hydrogens is 448 g/mol. The van der Waals surface area contributed by atoms with Gasteiger partial charge in [-0.2, -0.15) is 0 Å². The van der Waals surface area contributed by atoms with E-state index in [1.807, 2.05) is 0 Å². The zero-order chi connectivity index (χ0) is 25.3. The second kappa shape index (κ2) is 13.0. The molecule has 33 heavy (non-hydrogen) atoms. The zero-order valence-electron chi connectivity index (χ0n) is 18.1. The summed E-state index contributed by atoms with van der Waals surface area (Å²) < 4.78 is 10.4. The van der Waals surface area contributed by atoms with Gasteiger partial charge in [-0.15, -0.1) is 0 Å². The number of nitrogens with two attached hydrogens (primary N) is 1. The molecule has 1 saturated heterocycles. The van der Waals surface area contributed by atoms with Crippen LogP contribution in [0.2, 0.25) is 0 Å². The lowest BCUT2D eigenvalue weighted by atomic mass is 9.96. The van der Waals surface area contributed by atoms with Crippen molar-refractivity contribution in [3.63, 3.8) is 0 Å². The summed E-state index contributed by atoms with van der Waals surface area (Å²) >= 11 is 0. The highest BCUT2D eigenvalue weighted by Crippen LogP contribution is 2.22. The first-order chi connectivity index (χ1) is 15.4. The number of aliphatic carboxylic acids is 1. The quantitative estimate of drug-likeness (QED) is 0.132. The van der Waals surface area contributed by atoms with Crippen LogP contribution in [0.3, 0.4) is 0 Å². The molecule has 0 radical (unpaired) electrons. The van der Waals surface area contributed by atoms with Crippen molar-refractivity contribution in [3.8, 4) is 0 Å². The van der Waals surface area contributed by atoms with E-state index in [9.17, 15) is 39.3 Å². The Bertz CT molecular complexity index is 734. The van der Waals surface area contributed by atoms with E-state index in [0.29, 0.717) is 0 Å². The number of amides is 4. The Labute approximate surface area is 188 Å². The lowest BCUT2D eigenvalue weighted by molar-refractivity contribution is -0.261. The normalized spacial score (nSPS) is 26.5. The number of aliphatic hydroxyl groups is 3. The second-order valence-corrected chi connectivity index (χ2v) is 7.43. The van der Waals surface area contributed by atoms with Gasteiger partial charge in [-0.25, -0.2) is 0 Å². The summed E-state index contributed by atoms with van der Waals surface area (Å²) in [5.74, 6) is -4.34. The van der Waals surface area contributed by atoms with Gasteiger partial charge in [0.05, 0.1) is 6.61 Å². The fourth-order valence-corrected chi connectivity index (χ4v) is 3.04. The van der Waals surface area contributed by atoms with Gasteiger partial charge in [-0.3, -0.25) is 24.0 Å². The highest BCUT2D eigenvalue weighted by Gasteiger charge is 2.46. The minimum absolute atomic E-state index is 0.235. The van der Waals surface area contributed by atoms with Crippen molar-refractivity contribution in [2.24, 2.45) is 5.73 Å². The van der Waals surface area contributed by atoms with Gasteiger partial charge in [0.1, 0.15) is 43.0 Å². The van der Waals surface area contributed by atoms with Gasteiger partial charge in [0.25, 0.3) is 0 Å². The second-order valence-electron chi connectivity index (χ2n) is 7.43. The summed E-state index contributed by atoms with van der Waals surface area (Å²) in [4.78, 5) is 57.8.